The third-order valence-corrected chi connectivity index (χ3v) is 1.61. The minimum absolute atomic E-state index is 0.127. The Morgan fingerprint density at radius 2 is 2.09 bits per heavy atom. The Hall–Kier alpha value is -0.290. The largest absolute Gasteiger partial charge is 0.522 e. The van der Waals surface area contributed by atoms with E-state index in [0.717, 1.165) is 0 Å². The molecule has 0 aromatic heterocycles. The Bertz CT molecular complexity index is 136. The van der Waals surface area contributed by atoms with Crippen molar-refractivity contribution >= 4 is 0 Å². The van der Waals surface area contributed by atoms with E-state index in [2.05, 4.69) is 10.1 Å². The van der Waals surface area contributed by atoms with Crippen molar-refractivity contribution in [2.24, 2.45) is 0 Å². The first-order valence-corrected chi connectivity index (χ1v) is 3.45. The van der Waals surface area contributed by atoms with Gasteiger partial charge in [0.25, 0.3) is 0 Å². The highest BCUT2D eigenvalue weighted by atomic mass is 19.4. The Labute approximate surface area is 62.7 Å². The molecule has 2 atom stereocenters. The van der Waals surface area contributed by atoms with E-state index < -0.39 is 12.5 Å². The van der Waals surface area contributed by atoms with E-state index >= 15 is 0 Å². The van der Waals surface area contributed by atoms with Gasteiger partial charge in [-0.2, -0.15) is 0 Å². The zero-order valence-corrected chi connectivity index (χ0v) is 6.11. The fourth-order valence-electron chi connectivity index (χ4n) is 1.17. The van der Waals surface area contributed by atoms with Crippen molar-refractivity contribution in [3.8, 4) is 0 Å². The monoisotopic (exact) mass is 169 g/mol. The van der Waals surface area contributed by atoms with E-state index in [4.69, 9.17) is 0 Å². The van der Waals surface area contributed by atoms with Crippen LogP contribution in [0.4, 0.5) is 13.2 Å². The van der Waals surface area contributed by atoms with E-state index in [1.807, 2.05) is 6.92 Å². The second-order valence-corrected chi connectivity index (χ2v) is 2.73. The van der Waals surface area contributed by atoms with Crippen molar-refractivity contribution in [2.75, 3.05) is 6.54 Å². The van der Waals surface area contributed by atoms with Gasteiger partial charge in [0.2, 0.25) is 0 Å². The molecular weight excluding hydrogens is 159 g/mol. The molecule has 66 valence electrons. The first-order valence-electron chi connectivity index (χ1n) is 3.45. The third kappa shape index (κ3) is 3.07. The number of nitrogens with one attached hydrogen (secondary N) is 1. The van der Waals surface area contributed by atoms with Gasteiger partial charge in [-0.15, -0.1) is 13.2 Å². The van der Waals surface area contributed by atoms with E-state index in [-0.39, 0.29) is 6.04 Å². The summed E-state index contributed by atoms with van der Waals surface area (Å²) in [7, 11) is 0. The lowest BCUT2D eigenvalue weighted by Crippen LogP contribution is -2.25. The molecular formula is C6H10F3NO. The Morgan fingerprint density at radius 1 is 1.45 bits per heavy atom. The second kappa shape index (κ2) is 2.98. The highest BCUT2D eigenvalue weighted by Crippen LogP contribution is 2.22. The summed E-state index contributed by atoms with van der Waals surface area (Å²) < 4.78 is 38.6. The molecule has 0 spiro atoms. The maximum atomic E-state index is 11.6. The predicted octanol–water partition coefficient (Wildman–Crippen LogP) is 1.27. The summed E-state index contributed by atoms with van der Waals surface area (Å²) in [5, 5.41) is 2.87. The molecule has 0 aliphatic carbocycles. The molecule has 11 heavy (non-hydrogen) atoms. The van der Waals surface area contributed by atoms with Gasteiger partial charge in [-0.3, -0.25) is 4.74 Å². The Morgan fingerprint density at radius 3 is 2.45 bits per heavy atom. The number of ether oxygens (including phenoxy) is 1. The second-order valence-electron chi connectivity index (χ2n) is 2.73. The lowest BCUT2D eigenvalue weighted by atomic mass is 10.2. The molecule has 1 aliphatic rings. The molecule has 1 fully saturated rings. The zero-order valence-electron chi connectivity index (χ0n) is 6.11. The lowest BCUT2D eigenvalue weighted by molar-refractivity contribution is -0.340. The molecule has 2 unspecified atom stereocenters. The van der Waals surface area contributed by atoms with Crippen molar-refractivity contribution < 1.29 is 17.9 Å². The lowest BCUT2D eigenvalue weighted by Gasteiger charge is -2.12. The van der Waals surface area contributed by atoms with Crippen LogP contribution in [0.15, 0.2) is 0 Å². The van der Waals surface area contributed by atoms with Crippen molar-refractivity contribution in [1.82, 2.24) is 5.32 Å². The first-order chi connectivity index (χ1) is 4.97. The number of halogens is 3. The average molecular weight is 169 g/mol. The number of alkyl halides is 3. The maximum Gasteiger partial charge on any atom is 0.522 e. The van der Waals surface area contributed by atoms with E-state index in [9.17, 15) is 13.2 Å². The fraction of sp³-hybridized carbons (Fsp3) is 1.00. The van der Waals surface area contributed by atoms with E-state index in [1.165, 1.54) is 0 Å². The van der Waals surface area contributed by atoms with Crippen LogP contribution in [0.5, 0.6) is 0 Å². The summed E-state index contributed by atoms with van der Waals surface area (Å²) in [6, 6.07) is 0.127. The van der Waals surface area contributed by atoms with Crippen molar-refractivity contribution in [3.63, 3.8) is 0 Å². The molecule has 0 aromatic carbocycles. The van der Waals surface area contributed by atoms with Crippen LogP contribution >= 0.6 is 0 Å². The summed E-state index contributed by atoms with van der Waals surface area (Å²) in [6.07, 6.45) is -4.76. The number of hydrogen-bond donors (Lipinski definition) is 1. The Kier molecular flexibility index (Phi) is 2.39. The summed E-state index contributed by atoms with van der Waals surface area (Å²) in [5.74, 6) is 0. The highest BCUT2D eigenvalue weighted by molar-refractivity contribution is 4.78. The van der Waals surface area contributed by atoms with E-state index in [0.29, 0.717) is 13.0 Å². The molecule has 1 aliphatic heterocycles. The van der Waals surface area contributed by atoms with Gasteiger partial charge in [-0.25, -0.2) is 0 Å². The van der Waals surface area contributed by atoms with Gasteiger partial charge < -0.3 is 5.32 Å². The number of rotatable bonds is 1. The SMILES string of the molecule is CC1CC(OC(F)(F)F)CN1. The maximum absolute atomic E-state index is 11.6. The predicted molar refractivity (Wildman–Crippen MR) is 33.0 cm³/mol. The molecule has 2 nitrogen and oxygen atoms in total. The van der Waals surface area contributed by atoms with Gasteiger partial charge >= 0.3 is 6.36 Å². The van der Waals surface area contributed by atoms with Crippen LogP contribution in [0.1, 0.15) is 13.3 Å². The molecule has 0 bridgehead atoms. The molecule has 0 saturated carbocycles. The van der Waals surface area contributed by atoms with Gasteiger partial charge in [0.1, 0.15) is 0 Å². The minimum Gasteiger partial charge on any atom is -0.312 e. The van der Waals surface area contributed by atoms with Crippen LogP contribution in [0.2, 0.25) is 0 Å². The molecule has 1 heterocycles. The van der Waals surface area contributed by atoms with E-state index in [1.54, 1.807) is 0 Å². The average Bonchev–Trinajstić information content (AvgIpc) is 2.10. The van der Waals surface area contributed by atoms with Gasteiger partial charge in [0, 0.05) is 12.6 Å². The van der Waals surface area contributed by atoms with Crippen molar-refractivity contribution in [1.29, 1.82) is 0 Å². The number of hydrogen-bond acceptors (Lipinski definition) is 2. The smallest absolute Gasteiger partial charge is 0.312 e. The topological polar surface area (TPSA) is 21.3 Å². The molecule has 1 N–H and O–H groups in total. The van der Waals surface area contributed by atoms with Crippen LogP contribution in [-0.4, -0.2) is 25.1 Å². The van der Waals surface area contributed by atoms with Crippen molar-refractivity contribution in [2.45, 2.75) is 31.9 Å². The summed E-state index contributed by atoms with van der Waals surface area (Å²) in [5.41, 5.74) is 0. The molecule has 1 rings (SSSR count). The molecule has 0 amide bonds. The van der Waals surface area contributed by atoms with Crippen LogP contribution in [0, 0.1) is 0 Å². The molecule has 0 radical (unpaired) electrons. The van der Waals surface area contributed by atoms with Gasteiger partial charge in [0.05, 0.1) is 6.10 Å². The van der Waals surface area contributed by atoms with Crippen molar-refractivity contribution in [3.05, 3.63) is 0 Å². The molecule has 5 heteroatoms. The van der Waals surface area contributed by atoms with Gasteiger partial charge in [-0.05, 0) is 13.3 Å². The summed E-state index contributed by atoms with van der Waals surface area (Å²) in [4.78, 5) is 0. The van der Waals surface area contributed by atoms with Crippen LogP contribution in [-0.2, 0) is 4.74 Å². The minimum atomic E-state index is -4.49. The quantitative estimate of drug-likeness (QED) is 0.638. The van der Waals surface area contributed by atoms with Crippen LogP contribution in [0.25, 0.3) is 0 Å². The van der Waals surface area contributed by atoms with Crippen LogP contribution < -0.4 is 5.32 Å². The fourth-order valence-corrected chi connectivity index (χ4v) is 1.17. The standard InChI is InChI=1S/C6H10F3NO/c1-4-2-5(3-10-4)11-6(7,8)9/h4-5,10H,2-3H2,1H3. The first kappa shape index (κ1) is 8.80. The summed E-state index contributed by atoms with van der Waals surface area (Å²) >= 11 is 0. The zero-order chi connectivity index (χ0) is 8.48. The van der Waals surface area contributed by atoms with Gasteiger partial charge in [0.15, 0.2) is 0 Å². The Balaban J connectivity index is 2.29. The highest BCUT2D eigenvalue weighted by Gasteiger charge is 2.35. The summed E-state index contributed by atoms with van der Waals surface area (Å²) in [6.45, 7) is 2.13. The van der Waals surface area contributed by atoms with Gasteiger partial charge in [-0.1, -0.05) is 0 Å². The van der Waals surface area contributed by atoms with Crippen LogP contribution in [0.3, 0.4) is 0 Å². The molecule has 1 saturated heterocycles. The normalized spacial score (nSPS) is 32.7. The third-order valence-electron chi connectivity index (χ3n) is 1.61. The molecule has 0 aromatic rings.